The number of hydrogen-bond acceptors (Lipinski definition) is 3. The summed E-state index contributed by atoms with van der Waals surface area (Å²) in [7, 11) is 1.67. The molecule has 88 valence electrons. The van der Waals surface area contributed by atoms with Gasteiger partial charge in [0.1, 0.15) is 0 Å². The van der Waals surface area contributed by atoms with E-state index in [2.05, 4.69) is 13.8 Å². The lowest BCUT2D eigenvalue weighted by Crippen LogP contribution is -2.55. The number of methoxy groups -OCH3 is 1. The number of rotatable bonds is 4. The normalized spacial score (nSPS) is 24.7. The number of likely N-dealkylation sites (tertiary alicyclic amines) is 1. The molecular weight excluding hydrogens is 192 g/mol. The van der Waals surface area contributed by atoms with E-state index in [0.29, 0.717) is 12.5 Å². The number of nitrogens with zero attached hydrogens (tertiary/aromatic N) is 1. The number of amides is 1. The first kappa shape index (κ1) is 12.5. The van der Waals surface area contributed by atoms with Crippen molar-refractivity contribution in [3.05, 3.63) is 0 Å². The van der Waals surface area contributed by atoms with Crippen molar-refractivity contribution in [1.82, 2.24) is 4.90 Å². The van der Waals surface area contributed by atoms with Crippen molar-refractivity contribution in [3.63, 3.8) is 0 Å². The molecule has 1 aliphatic rings. The van der Waals surface area contributed by atoms with Gasteiger partial charge >= 0.3 is 0 Å². The SMILES string of the molecule is COCC(C(C)C)N1CCCC(N)C1=O. The van der Waals surface area contributed by atoms with Gasteiger partial charge in [0, 0.05) is 13.7 Å². The van der Waals surface area contributed by atoms with Crippen molar-refractivity contribution in [1.29, 1.82) is 0 Å². The average Bonchev–Trinajstić information content (AvgIpc) is 2.19. The third kappa shape index (κ3) is 2.92. The molecule has 1 aliphatic heterocycles. The zero-order valence-corrected chi connectivity index (χ0v) is 9.90. The zero-order valence-electron chi connectivity index (χ0n) is 9.90. The molecule has 0 aromatic carbocycles. The van der Waals surface area contributed by atoms with Crippen LogP contribution in [0.1, 0.15) is 26.7 Å². The van der Waals surface area contributed by atoms with Crippen LogP contribution in [0, 0.1) is 5.92 Å². The third-order valence-electron chi connectivity index (χ3n) is 3.02. The Labute approximate surface area is 91.8 Å². The van der Waals surface area contributed by atoms with Gasteiger partial charge in [0.25, 0.3) is 0 Å². The number of hydrogen-bond donors (Lipinski definition) is 1. The molecule has 2 N–H and O–H groups in total. The Morgan fingerprint density at radius 3 is 2.80 bits per heavy atom. The van der Waals surface area contributed by atoms with Crippen molar-refractivity contribution in [2.45, 2.75) is 38.8 Å². The number of piperidine rings is 1. The van der Waals surface area contributed by atoms with Gasteiger partial charge in [0.2, 0.25) is 5.91 Å². The summed E-state index contributed by atoms with van der Waals surface area (Å²) in [6.45, 7) is 5.63. The molecule has 0 aromatic rings. The molecule has 1 saturated heterocycles. The maximum Gasteiger partial charge on any atom is 0.239 e. The quantitative estimate of drug-likeness (QED) is 0.746. The Kier molecular flexibility index (Phi) is 4.54. The van der Waals surface area contributed by atoms with E-state index in [1.807, 2.05) is 4.90 Å². The fourth-order valence-corrected chi connectivity index (χ4v) is 2.07. The first-order valence-corrected chi connectivity index (χ1v) is 5.63. The van der Waals surface area contributed by atoms with E-state index >= 15 is 0 Å². The van der Waals surface area contributed by atoms with Crippen LogP contribution in [-0.2, 0) is 9.53 Å². The Morgan fingerprint density at radius 2 is 2.27 bits per heavy atom. The van der Waals surface area contributed by atoms with Crippen molar-refractivity contribution in [2.75, 3.05) is 20.3 Å². The summed E-state index contributed by atoms with van der Waals surface area (Å²) in [4.78, 5) is 13.8. The van der Waals surface area contributed by atoms with E-state index in [1.54, 1.807) is 7.11 Å². The second-order valence-electron chi connectivity index (χ2n) is 4.55. The third-order valence-corrected chi connectivity index (χ3v) is 3.02. The Hall–Kier alpha value is -0.610. The molecule has 0 aliphatic carbocycles. The molecule has 1 amide bonds. The van der Waals surface area contributed by atoms with Gasteiger partial charge in [-0.1, -0.05) is 13.8 Å². The van der Waals surface area contributed by atoms with E-state index in [4.69, 9.17) is 10.5 Å². The summed E-state index contributed by atoms with van der Waals surface area (Å²) in [5.74, 6) is 0.483. The molecule has 0 radical (unpaired) electrons. The Bertz CT molecular complexity index is 219. The van der Waals surface area contributed by atoms with Crippen LogP contribution >= 0.6 is 0 Å². The average molecular weight is 214 g/mol. The molecule has 0 spiro atoms. The highest BCUT2D eigenvalue weighted by molar-refractivity contribution is 5.82. The number of carbonyl (C=O) groups excluding carboxylic acids is 1. The van der Waals surface area contributed by atoms with Crippen molar-refractivity contribution >= 4 is 5.91 Å². The monoisotopic (exact) mass is 214 g/mol. The van der Waals surface area contributed by atoms with Crippen molar-refractivity contribution in [3.8, 4) is 0 Å². The van der Waals surface area contributed by atoms with Gasteiger partial charge in [0.15, 0.2) is 0 Å². The fourth-order valence-electron chi connectivity index (χ4n) is 2.07. The number of carbonyl (C=O) groups is 1. The predicted octanol–water partition coefficient (Wildman–Crippen LogP) is 0.607. The Morgan fingerprint density at radius 1 is 1.60 bits per heavy atom. The Balaban J connectivity index is 2.68. The lowest BCUT2D eigenvalue weighted by Gasteiger charge is -2.38. The molecular formula is C11H22N2O2. The van der Waals surface area contributed by atoms with Crippen LogP contribution in [0.3, 0.4) is 0 Å². The molecule has 4 nitrogen and oxygen atoms in total. The zero-order chi connectivity index (χ0) is 11.4. The van der Waals surface area contributed by atoms with Gasteiger partial charge in [-0.25, -0.2) is 0 Å². The van der Waals surface area contributed by atoms with Crippen molar-refractivity contribution < 1.29 is 9.53 Å². The van der Waals surface area contributed by atoms with Gasteiger partial charge < -0.3 is 15.4 Å². The largest absolute Gasteiger partial charge is 0.383 e. The van der Waals surface area contributed by atoms with E-state index in [-0.39, 0.29) is 18.0 Å². The lowest BCUT2D eigenvalue weighted by molar-refractivity contribution is -0.140. The first-order chi connectivity index (χ1) is 7.07. The minimum Gasteiger partial charge on any atom is -0.383 e. The number of nitrogens with two attached hydrogens (primary N) is 1. The van der Waals surface area contributed by atoms with Gasteiger partial charge in [-0.15, -0.1) is 0 Å². The fraction of sp³-hybridized carbons (Fsp3) is 0.909. The second kappa shape index (κ2) is 5.47. The highest BCUT2D eigenvalue weighted by Crippen LogP contribution is 2.18. The van der Waals surface area contributed by atoms with Crippen LogP contribution in [0.2, 0.25) is 0 Å². The molecule has 1 heterocycles. The molecule has 2 unspecified atom stereocenters. The predicted molar refractivity (Wildman–Crippen MR) is 59.4 cm³/mol. The molecule has 0 aromatic heterocycles. The topological polar surface area (TPSA) is 55.6 Å². The van der Waals surface area contributed by atoms with Crippen LogP contribution in [0.25, 0.3) is 0 Å². The van der Waals surface area contributed by atoms with E-state index < -0.39 is 0 Å². The molecule has 15 heavy (non-hydrogen) atoms. The van der Waals surface area contributed by atoms with E-state index in [1.165, 1.54) is 0 Å². The van der Waals surface area contributed by atoms with Crippen molar-refractivity contribution in [2.24, 2.45) is 11.7 Å². The lowest BCUT2D eigenvalue weighted by atomic mass is 9.98. The number of ether oxygens (including phenoxy) is 1. The van der Waals surface area contributed by atoms with Gasteiger partial charge in [-0.3, -0.25) is 4.79 Å². The van der Waals surface area contributed by atoms with Gasteiger partial charge in [-0.2, -0.15) is 0 Å². The maximum atomic E-state index is 11.9. The van der Waals surface area contributed by atoms with E-state index in [0.717, 1.165) is 19.4 Å². The summed E-state index contributed by atoms with van der Waals surface area (Å²) >= 11 is 0. The minimum atomic E-state index is -0.308. The van der Waals surface area contributed by atoms with Crippen LogP contribution in [0.5, 0.6) is 0 Å². The highest BCUT2D eigenvalue weighted by Gasteiger charge is 2.32. The standard InChI is InChI=1S/C11H22N2O2/c1-8(2)10(7-15-3)13-6-4-5-9(12)11(13)14/h8-10H,4-7,12H2,1-3H3. The molecule has 2 atom stereocenters. The summed E-state index contributed by atoms with van der Waals surface area (Å²) in [6.07, 6.45) is 1.81. The van der Waals surface area contributed by atoms with Crippen LogP contribution in [0.4, 0.5) is 0 Å². The van der Waals surface area contributed by atoms with E-state index in [9.17, 15) is 4.79 Å². The van der Waals surface area contributed by atoms with Crippen LogP contribution < -0.4 is 5.73 Å². The highest BCUT2D eigenvalue weighted by atomic mass is 16.5. The van der Waals surface area contributed by atoms with Gasteiger partial charge in [0.05, 0.1) is 18.7 Å². The summed E-state index contributed by atoms with van der Waals surface area (Å²) < 4.78 is 5.17. The molecule has 0 bridgehead atoms. The summed E-state index contributed by atoms with van der Waals surface area (Å²) in [5.41, 5.74) is 5.77. The van der Waals surface area contributed by atoms with Gasteiger partial charge in [-0.05, 0) is 18.8 Å². The van der Waals surface area contributed by atoms with Crippen LogP contribution in [0.15, 0.2) is 0 Å². The second-order valence-corrected chi connectivity index (χ2v) is 4.55. The minimum absolute atomic E-state index is 0.0806. The molecule has 4 heteroatoms. The molecule has 0 saturated carbocycles. The summed E-state index contributed by atoms with van der Waals surface area (Å²) in [5, 5.41) is 0. The molecule has 1 rings (SSSR count). The first-order valence-electron chi connectivity index (χ1n) is 5.63. The maximum absolute atomic E-state index is 11.9. The smallest absolute Gasteiger partial charge is 0.239 e. The van der Waals surface area contributed by atoms with Crippen LogP contribution in [-0.4, -0.2) is 43.2 Å². The summed E-state index contributed by atoms with van der Waals surface area (Å²) in [6, 6.07) is -0.147. The molecule has 1 fully saturated rings.